The Morgan fingerprint density at radius 1 is 0.852 bits per heavy atom. The maximum atomic E-state index is 4.67. The van der Waals surface area contributed by atoms with Crippen molar-refractivity contribution in [3.63, 3.8) is 0 Å². The fourth-order valence-corrected chi connectivity index (χ4v) is 3.69. The van der Waals surface area contributed by atoms with Gasteiger partial charge in [0.2, 0.25) is 0 Å². The SMILES string of the molecule is CN(C)c1cc(C=NCCSC(C)(C)C)nc(C=NCCSC(C)(C)C)c1. The molecule has 0 aliphatic carbocycles. The van der Waals surface area contributed by atoms with E-state index in [-0.39, 0.29) is 9.49 Å². The number of hydrogen-bond donors (Lipinski definition) is 0. The second-order valence-electron chi connectivity index (χ2n) is 8.56. The normalized spacial score (nSPS) is 13.0. The van der Waals surface area contributed by atoms with Crippen LogP contribution in [0.15, 0.2) is 22.1 Å². The first-order chi connectivity index (χ1) is 12.5. The molecular formula is C21H36N4S2. The van der Waals surface area contributed by atoms with Crippen molar-refractivity contribution in [1.82, 2.24) is 4.98 Å². The van der Waals surface area contributed by atoms with Crippen LogP contribution < -0.4 is 4.90 Å². The first-order valence-corrected chi connectivity index (χ1v) is 11.4. The predicted octanol–water partition coefficient (Wildman–Crippen LogP) is 5.05. The van der Waals surface area contributed by atoms with E-state index in [1.807, 2.05) is 50.0 Å². The monoisotopic (exact) mass is 408 g/mol. The third-order valence-corrected chi connectivity index (χ3v) is 5.83. The van der Waals surface area contributed by atoms with Gasteiger partial charge in [-0.2, -0.15) is 23.5 Å². The molecule has 6 heteroatoms. The van der Waals surface area contributed by atoms with Gasteiger partial charge in [0, 0.05) is 66.3 Å². The number of thioether (sulfide) groups is 2. The van der Waals surface area contributed by atoms with E-state index in [0.29, 0.717) is 0 Å². The van der Waals surface area contributed by atoms with Crippen molar-refractivity contribution < 1.29 is 0 Å². The Morgan fingerprint density at radius 2 is 1.26 bits per heavy atom. The third kappa shape index (κ3) is 12.1. The molecule has 0 N–H and O–H groups in total. The van der Waals surface area contributed by atoms with Crippen LogP contribution in [0.1, 0.15) is 52.9 Å². The van der Waals surface area contributed by atoms with Crippen molar-refractivity contribution in [3.8, 4) is 0 Å². The van der Waals surface area contributed by atoms with Gasteiger partial charge < -0.3 is 4.90 Å². The molecule has 0 saturated carbocycles. The fraction of sp³-hybridized carbons (Fsp3) is 0.667. The first kappa shape index (κ1) is 24.0. The van der Waals surface area contributed by atoms with E-state index in [2.05, 4.69) is 73.5 Å². The highest BCUT2D eigenvalue weighted by atomic mass is 32.2. The van der Waals surface area contributed by atoms with Crippen LogP contribution in [0.25, 0.3) is 0 Å². The van der Waals surface area contributed by atoms with Crippen molar-refractivity contribution in [2.24, 2.45) is 9.98 Å². The van der Waals surface area contributed by atoms with Gasteiger partial charge in [0.1, 0.15) is 0 Å². The van der Waals surface area contributed by atoms with Gasteiger partial charge >= 0.3 is 0 Å². The van der Waals surface area contributed by atoms with Gasteiger partial charge in [-0.1, -0.05) is 41.5 Å². The van der Waals surface area contributed by atoms with Crippen molar-refractivity contribution in [3.05, 3.63) is 23.5 Å². The van der Waals surface area contributed by atoms with E-state index in [9.17, 15) is 0 Å². The van der Waals surface area contributed by atoms with Crippen molar-refractivity contribution >= 4 is 41.6 Å². The lowest BCUT2D eigenvalue weighted by Gasteiger charge is -2.16. The molecule has 0 amide bonds. The number of pyridine rings is 1. The molecule has 0 atom stereocenters. The summed E-state index contributed by atoms with van der Waals surface area (Å²) in [5, 5.41) is 0. The summed E-state index contributed by atoms with van der Waals surface area (Å²) in [6.45, 7) is 15.0. The van der Waals surface area contributed by atoms with Crippen LogP contribution in [-0.4, -0.2) is 65.6 Å². The Hall–Kier alpha value is -1.01. The van der Waals surface area contributed by atoms with Gasteiger partial charge in [0.15, 0.2) is 0 Å². The molecule has 1 aromatic rings. The van der Waals surface area contributed by atoms with E-state index in [0.717, 1.165) is 41.7 Å². The summed E-state index contributed by atoms with van der Waals surface area (Å²) in [4.78, 5) is 15.9. The summed E-state index contributed by atoms with van der Waals surface area (Å²) < 4.78 is 0.570. The average molecular weight is 409 g/mol. The number of aromatic nitrogens is 1. The summed E-state index contributed by atoms with van der Waals surface area (Å²) >= 11 is 3.86. The van der Waals surface area contributed by atoms with Gasteiger partial charge in [-0.3, -0.25) is 9.98 Å². The first-order valence-electron chi connectivity index (χ1n) is 9.43. The molecule has 0 aliphatic rings. The van der Waals surface area contributed by atoms with E-state index < -0.39 is 0 Å². The highest BCUT2D eigenvalue weighted by Crippen LogP contribution is 2.23. The van der Waals surface area contributed by atoms with Crippen molar-refractivity contribution in [2.45, 2.75) is 51.0 Å². The zero-order valence-corrected chi connectivity index (χ0v) is 19.9. The molecule has 1 heterocycles. The molecule has 0 unspecified atom stereocenters. The van der Waals surface area contributed by atoms with Gasteiger partial charge in [-0.05, 0) is 12.1 Å². The van der Waals surface area contributed by atoms with Crippen LogP contribution in [0.2, 0.25) is 0 Å². The minimum absolute atomic E-state index is 0.285. The molecular weight excluding hydrogens is 372 g/mol. The molecule has 1 aromatic heterocycles. The molecule has 0 aliphatic heterocycles. The van der Waals surface area contributed by atoms with Gasteiger partial charge in [-0.15, -0.1) is 0 Å². The summed E-state index contributed by atoms with van der Waals surface area (Å²) in [6.07, 6.45) is 3.76. The zero-order valence-electron chi connectivity index (χ0n) is 18.2. The lowest BCUT2D eigenvalue weighted by molar-refractivity contribution is 0.801. The molecule has 0 fully saturated rings. The summed E-state index contributed by atoms with van der Waals surface area (Å²) in [5.41, 5.74) is 2.88. The lowest BCUT2D eigenvalue weighted by atomic mass is 10.2. The Labute approximate surface area is 174 Å². The van der Waals surface area contributed by atoms with Crippen molar-refractivity contribution in [1.29, 1.82) is 0 Å². The van der Waals surface area contributed by atoms with Crippen LogP contribution in [-0.2, 0) is 0 Å². The third-order valence-electron chi connectivity index (χ3n) is 3.32. The minimum atomic E-state index is 0.285. The second-order valence-corrected chi connectivity index (χ2v) is 12.4. The molecule has 0 radical (unpaired) electrons. The maximum absolute atomic E-state index is 4.67. The van der Waals surface area contributed by atoms with Crippen molar-refractivity contribution in [2.75, 3.05) is 43.6 Å². The number of rotatable bonds is 9. The number of aliphatic imine (C=N–C) groups is 2. The maximum Gasteiger partial charge on any atom is 0.0836 e. The molecule has 0 spiro atoms. The largest absolute Gasteiger partial charge is 0.378 e. The molecule has 0 saturated heterocycles. The summed E-state index contributed by atoms with van der Waals surface area (Å²) in [7, 11) is 4.08. The van der Waals surface area contributed by atoms with Gasteiger partial charge in [0.05, 0.1) is 11.4 Å². The molecule has 4 nitrogen and oxygen atoms in total. The predicted molar refractivity (Wildman–Crippen MR) is 128 cm³/mol. The standard InChI is InChI=1S/C21H36N4S2/c1-20(2,3)26-11-9-22-15-17-13-19(25(7)8)14-18(24-17)16-23-10-12-27-21(4,5)6/h13-16H,9-12H2,1-8H3. The Bertz CT molecular complexity index is 578. The van der Waals surface area contributed by atoms with Gasteiger partial charge in [0.25, 0.3) is 0 Å². The quantitative estimate of drug-likeness (QED) is 0.423. The minimum Gasteiger partial charge on any atom is -0.378 e. The molecule has 27 heavy (non-hydrogen) atoms. The lowest BCUT2D eigenvalue weighted by Crippen LogP contribution is -2.11. The molecule has 0 aromatic carbocycles. The smallest absolute Gasteiger partial charge is 0.0836 e. The van der Waals surface area contributed by atoms with Crippen LogP contribution in [0, 0.1) is 0 Å². The highest BCUT2D eigenvalue weighted by molar-refractivity contribution is 8.00. The second kappa shape index (κ2) is 11.1. The summed E-state index contributed by atoms with van der Waals surface area (Å²) in [6, 6.07) is 4.13. The van der Waals surface area contributed by atoms with Crippen LogP contribution >= 0.6 is 23.5 Å². The van der Waals surface area contributed by atoms with E-state index in [1.54, 1.807) is 0 Å². The average Bonchev–Trinajstić information content (AvgIpc) is 2.52. The highest BCUT2D eigenvalue weighted by Gasteiger charge is 2.09. The summed E-state index contributed by atoms with van der Waals surface area (Å²) in [5.74, 6) is 2.04. The van der Waals surface area contributed by atoms with Crippen LogP contribution in [0.4, 0.5) is 5.69 Å². The van der Waals surface area contributed by atoms with Gasteiger partial charge in [-0.25, -0.2) is 4.98 Å². The fourth-order valence-electron chi connectivity index (χ4n) is 2.07. The van der Waals surface area contributed by atoms with Crippen LogP contribution in [0.3, 0.4) is 0 Å². The Morgan fingerprint density at radius 3 is 1.59 bits per heavy atom. The van der Waals surface area contributed by atoms with E-state index in [4.69, 9.17) is 0 Å². The molecule has 1 rings (SSSR count). The van der Waals surface area contributed by atoms with E-state index >= 15 is 0 Å². The number of anilines is 1. The Balaban J connectivity index is 2.70. The Kier molecular flexibility index (Phi) is 9.88. The van der Waals surface area contributed by atoms with E-state index in [1.165, 1.54) is 0 Å². The topological polar surface area (TPSA) is 40.9 Å². The molecule has 0 bridgehead atoms. The zero-order chi connectivity index (χ0) is 20.5. The number of nitrogens with zero attached hydrogens (tertiary/aromatic N) is 4. The number of hydrogen-bond acceptors (Lipinski definition) is 6. The molecule has 152 valence electrons. The van der Waals surface area contributed by atoms with Crippen LogP contribution in [0.5, 0.6) is 0 Å².